The van der Waals surface area contributed by atoms with Gasteiger partial charge in [0.2, 0.25) is 0 Å². The lowest BCUT2D eigenvalue weighted by Gasteiger charge is -2.25. The van der Waals surface area contributed by atoms with Crippen LogP contribution in [-0.2, 0) is 30.4 Å². The van der Waals surface area contributed by atoms with E-state index in [4.69, 9.17) is 4.74 Å². The predicted molar refractivity (Wildman–Crippen MR) is 119 cm³/mol. The minimum absolute atomic E-state index is 0. The minimum Gasteiger partial charge on any atom is -0.469 e. The van der Waals surface area contributed by atoms with E-state index in [9.17, 15) is 31.9 Å². The number of ether oxygens (including phenoxy) is 3. The van der Waals surface area contributed by atoms with Crippen LogP contribution < -0.4 is 0 Å². The van der Waals surface area contributed by atoms with Gasteiger partial charge in [-0.1, -0.05) is 30.3 Å². The highest BCUT2D eigenvalue weighted by molar-refractivity contribution is 5.78. The molecule has 7 nitrogen and oxygen atoms in total. The van der Waals surface area contributed by atoms with E-state index >= 15 is 0 Å². The Morgan fingerprint density at radius 2 is 1.56 bits per heavy atom. The molecule has 2 saturated heterocycles. The van der Waals surface area contributed by atoms with Crippen LogP contribution in [0.2, 0.25) is 0 Å². The number of hydrogen-bond donors (Lipinski definition) is 0. The number of carbonyl (C=O) groups is 3. The van der Waals surface area contributed by atoms with Crippen molar-refractivity contribution in [3.8, 4) is 0 Å². The third kappa shape index (κ3) is 4.88. The smallest absolute Gasteiger partial charge is 0.410 e. The van der Waals surface area contributed by atoms with E-state index in [0.717, 1.165) is 10.5 Å². The van der Waals surface area contributed by atoms with Crippen LogP contribution in [0.25, 0.3) is 0 Å². The molecule has 36 heavy (non-hydrogen) atoms. The number of fused-ring (bicyclic) bond motifs is 4. The number of halogens is 4. The zero-order valence-corrected chi connectivity index (χ0v) is 20.0. The average Bonchev–Trinajstić information content (AvgIpc) is 3.58. The average molecular weight is 518 g/mol. The molecular formula is C25H31F4NO6. The van der Waals surface area contributed by atoms with E-state index in [1.54, 1.807) is 24.3 Å². The first-order valence-corrected chi connectivity index (χ1v) is 11.9. The molecule has 1 aromatic rings. The Labute approximate surface area is 207 Å². The lowest BCUT2D eigenvalue weighted by Crippen LogP contribution is -2.40. The number of nitrogens with zero attached hydrogens (tertiary/aromatic N) is 1. The Morgan fingerprint density at radius 3 is 2.11 bits per heavy atom. The van der Waals surface area contributed by atoms with Gasteiger partial charge in [-0.25, -0.2) is 22.4 Å². The molecule has 4 fully saturated rings. The highest BCUT2D eigenvalue weighted by atomic mass is 19.3. The van der Waals surface area contributed by atoms with Gasteiger partial charge in [0.05, 0.1) is 38.1 Å². The molecule has 0 radical (unpaired) electrons. The number of methoxy groups -OCH3 is 2. The summed E-state index contributed by atoms with van der Waals surface area (Å²) in [6, 6.07) is 6.79. The molecule has 0 aromatic heterocycles. The maximum absolute atomic E-state index is 14.0. The van der Waals surface area contributed by atoms with Crippen molar-refractivity contribution in [3.05, 3.63) is 35.9 Å². The van der Waals surface area contributed by atoms with Crippen molar-refractivity contribution in [2.75, 3.05) is 14.2 Å². The van der Waals surface area contributed by atoms with Crippen molar-refractivity contribution < 1.29 is 47.6 Å². The normalized spacial score (nSPS) is 32.4. The summed E-state index contributed by atoms with van der Waals surface area (Å²) in [4.78, 5) is 36.1. The van der Waals surface area contributed by atoms with Crippen molar-refractivity contribution in [3.63, 3.8) is 0 Å². The lowest BCUT2D eigenvalue weighted by molar-refractivity contribution is -0.150. The van der Waals surface area contributed by atoms with E-state index in [-0.39, 0.29) is 38.7 Å². The summed E-state index contributed by atoms with van der Waals surface area (Å²) >= 11 is 0. The van der Waals surface area contributed by atoms with E-state index in [2.05, 4.69) is 9.47 Å². The Kier molecular flexibility index (Phi) is 7.21. The highest BCUT2D eigenvalue weighted by Gasteiger charge is 2.65. The van der Waals surface area contributed by atoms with Gasteiger partial charge in [0, 0.05) is 20.2 Å². The van der Waals surface area contributed by atoms with E-state index in [1.807, 2.05) is 6.07 Å². The number of alkyl halides is 4. The summed E-state index contributed by atoms with van der Waals surface area (Å²) in [5.74, 6) is -8.12. The molecule has 2 heterocycles. The van der Waals surface area contributed by atoms with Crippen LogP contribution in [0.1, 0.15) is 39.1 Å². The second-order valence-corrected chi connectivity index (χ2v) is 9.88. The third-order valence-corrected chi connectivity index (χ3v) is 7.85. The van der Waals surface area contributed by atoms with Crippen molar-refractivity contribution in [2.24, 2.45) is 23.7 Å². The van der Waals surface area contributed by atoms with Gasteiger partial charge >= 0.3 is 18.0 Å². The van der Waals surface area contributed by atoms with Crippen LogP contribution in [0.3, 0.4) is 0 Å². The van der Waals surface area contributed by atoms with Crippen molar-refractivity contribution >= 4 is 18.0 Å². The van der Waals surface area contributed by atoms with Crippen LogP contribution in [0.5, 0.6) is 0 Å². The molecule has 0 spiro atoms. The molecule has 6 unspecified atom stereocenters. The first-order valence-electron chi connectivity index (χ1n) is 11.9. The van der Waals surface area contributed by atoms with Crippen LogP contribution in [-0.4, -0.2) is 61.1 Å². The largest absolute Gasteiger partial charge is 0.469 e. The van der Waals surface area contributed by atoms with Crippen molar-refractivity contribution in [1.82, 2.24) is 4.90 Å². The Morgan fingerprint density at radius 1 is 0.917 bits per heavy atom. The summed E-state index contributed by atoms with van der Waals surface area (Å²) in [5.41, 5.74) is 0.767. The lowest BCUT2D eigenvalue weighted by atomic mass is 9.87. The molecule has 0 N–H and O–H groups in total. The molecule has 4 aliphatic rings. The first kappa shape index (κ1) is 26.2. The fourth-order valence-electron chi connectivity index (χ4n) is 6.08. The van der Waals surface area contributed by atoms with Gasteiger partial charge in [0.15, 0.2) is 0 Å². The van der Waals surface area contributed by atoms with Gasteiger partial charge in [-0.2, -0.15) is 0 Å². The van der Waals surface area contributed by atoms with E-state index in [0.29, 0.717) is 12.8 Å². The fourth-order valence-corrected chi connectivity index (χ4v) is 6.08. The highest BCUT2D eigenvalue weighted by Crippen LogP contribution is 2.56. The maximum atomic E-state index is 14.0. The molecule has 5 rings (SSSR count). The number of benzene rings is 1. The molecule has 1 amide bonds. The van der Waals surface area contributed by atoms with Crippen LogP contribution >= 0.6 is 0 Å². The van der Waals surface area contributed by atoms with Crippen LogP contribution in [0, 0.1) is 23.7 Å². The topological polar surface area (TPSA) is 82.1 Å². The van der Waals surface area contributed by atoms with Crippen LogP contribution in [0.15, 0.2) is 30.3 Å². The summed E-state index contributed by atoms with van der Waals surface area (Å²) in [7, 11) is 2.52. The first-order chi connectivity index (χ1) is 17.0. The van der Waals surface area contributed by atoms with Gasteiger partial charge < -0.3 is 14.2 Å². The number of amides is 1. The fraction of sp³-hybridized carbons (Fsp3) is 0.640. The second-order valence-electron chi connectivity index (χ2n) is 9.88. The maximum Gasteiger partial charge on any atom is 0.410 e. The minimum atomic E-state index is -3.00. The molecule has 6 atom stereocenters. The molecule has 2 saturated carbocycles. The summed E-state index contributed by atoms with van der Waals surface area (Å²) in [6.45, 7) is 0.00404. The zero-order chi connectivity index (χ0) is 26.3. The Bertz CT molecular complexity index is 997. The van der Waals surface area contributed by atoms with Gasteiger partial charge in [-0.05, 0) is 30.7 Å². The molecule has 4 bridgehead atoms. The Hall–Kier alpha value is -2.85. The molecular weight excluding hydrogens is 486 g/mol. The Balaban J connectivity index is 0.000000231. The quantitative estimate of drug-likeness (QED) is 0.328. The van der Waals surface area contributed by atoms with E-state index in [1.165, 1.54) is 14.2 Å². The summed E-state index contributed by atoms with van der Waals surface area (Å²) in [5, 5.41) is 0. The van der Waals surface area contributed by atoms with Gasteiger partial charge in [-0.15, -0.1) is 0 Å². The number of esters is 2. The zero-order valence-electron chi connectivity index (χ0n) is 20.0. The monoisotopic (exact) mass is 517 g/mol. The van der Waals surface area contributed by atoms with Crippen LogP contribution in [0.4, 0.5) is 22.4 Å². The standard InChI is InChI=1S/C16H17F2NO4.C9H12F2O2.H2/c1-22-14(20)11-7-13-16(17,18)8-12(11)19(13)15(21)23-9-10-5-3-2-4-6-10;1-13-8(12)7-3-6-2-5(7)4-9(6,10)11;/h2-6,11-13H,7-9H2,1H3;5-7H,2-4H2,1H3;1H. The molecule has 2 aliphatic carbocycles. The number of carbonyl (C=O) groups excluding carboxylic acids is 3. The molecule has 1 aromatic carbocycles. The predicted octanol–water partition coefficient (Wildman–Crippen LogP) is 4.68. The molecule has 2 aliphatic heterocycles. The van der Waals surface area contributed by atoms with Gasteiger partial charge in [-0.3, -0.25) is 14.5 Å². The van der Waals surface area contributed by atoms with Gasteiger partial charge in [0.1, 0.15) is 6.61 Å². The SMILES string of the molecule is COC(=O)C1CC2CC1CC2(F)F.COC(=O)C1CC2N(C(=O)OCc3ccccc3)C1CC2(F)F.[HH]. The van der Waals surface area contributed by atoms with Crippen molar-refractivity contribution in [2.45, 2.75) is 62.6 Å². The van der Waals surface area contributed by atoms with Gasteiger partial charge in [0.25, 0.3) is 11.8 Å². The molecule has 200 valence electrons. The third-order valence-electron chi connectivity index (χ3n) is 7.85. The number of hydrogen-bond acceptors (Lipinski definition) is 6. The van der Waals surface area contributed by atoms with E-state index < -0.39 is 54.2 Å². The second kappa shape index (κ2) is 9.89. The summed E-state index contributed by atoms with van der Waals surface area (Å²) < 4.78 is 68.3. The number of rotatable bonds is 4. The summed E-state index contributed by atoms with van der Waals surface area (Å²) in [6.07, 6.45) is -0.760. The molecule has 11 heteroatoms. The van der Waals surface area contributed by atoms with Crippen molar-refractivity contribution in [1.29, 1.82) is 0 Å².